The zero-order valence-electron chi connectivity index (χ0n) is 17.4. The van der Waals surface area contributed by atoms with Gasteiger partial charge in [-0.1, -0.05) is 65.4 Å². The molecule has 0 atom stereocenters. The summed E-state index contributed by atoms with van der Waals surface area (Å²) < 4.78 is 7.49. The van der Waals surface area contributed by atoms with Crippen LogP contribution < -0.4 is 10.1 Å². The van der Waals surface area contributed by atoms with Crippen molar-refractivity contribution >= 4 is 39.3 Å². The Kier molecular flexibility index (Phi) is 6.76. The number of anilines is 1. The van der Waals surface area contributed by atoms with E-state index in [1.807, 2.05) is 47.8 Å². The van der Waals surface area contributed by atoms with E-state index in [0.29, 0.717) is 18.0 Å². The van der Waals surface area contributed by atoms with Gasteiger partial charge in [0.1, 0.15) is 5.00 Å². The number of ether oxygens (including phenoxy) is 1. The molecule has 0 radical (unpaired) electrons. The molecule has 0 aliphatic heterocycles. The molecule has 0 bridgehead atoms. The quantitative estimate of drug-likeness (QED) is 0.392. The summed E-state index contributed by atoms with van der Waals surface area (Å²) in [5.74, 6) is -0.116. The number of rotatable bonds is 7. The molecule has 0 aliphatic carbocycles. The van der Waals surface area contributed by atoms with E-state index in [4.69, 9.17) is 9.73 Å². The minimum atomic E-state index is -0.116. The van der Waals surface area contributed by atoms with Crippen LogP contribution in [0.4, 0.5) is 10.7 Å². The summed E-state index contributed by atoms with van der Waals surface area (Å²) in [6.45, 7) is 3.22. The highest BCUT2D eigenvalue weighted by atomic mass is 32.1. The van der Waals surface area contributed by atoms with Gasteiger partial charge in [-0.3, -0.25) is 4.79 Å². The molecule has 2 aromatic heterocycles. The van der Waals surface area contributed by atoms with E-state index >= 15 is 0 Å². The molecule has 0 fully saturated rings. The molecule has 0 aliphatic rings. The summed E-state index contributed by atoms with van der Waals surface area (Å²) in [7, 11) is 1.69. The van der Waals surface area contributed by atoms with Crippen LogP contribution >= 0.6 is 22.7 Å². The summed E-state index contributed by atoms with van der Waals surface area (Å²) in [6.07, 6.45) is 0. The number of aromatic nitrogens is 1. The molecule has 1 amide bonds. The third-order valence-electron chi connectivity index (χ3n) is 4.71. The minimum absolute atomic E-state index is 0.116. The number of methoxy groups -OCH3 is 1. The SMILES string of the molecule is COCCn1c(-c2ccc(C)cc2)c(NC(=O)c2cccs2)sc1=Nc1ccccc1. The van der Waals surface area contributed by atoms with Crippen molar-refractivity contribution in [3.63, 3.8) is 0 Å². The molecular weight excluding hydrogens is 426 g/mol. The van der Waals surface area contributed by atoms with Gasteiger partial charge in [0, 0.05) is 19.2 Å². The Labute approximate surface area is 189 Å². The van der Waals surface area contributed by atoms with Crippen molar-refractivity contribution in [2.24, 2.45) is 4.99 Å². The molecule has 1 N–H and O–H groups in total. The maximum absolute atomic E-state index is 12.8. The van der Waals surface area contributed by atoms with Gasteiger partial charge in [0.05, 0.1) is 22.9 Å². The van der Waals surface area contributed by atoms with Crippen molar-refractivity contribution < 1.29 is 9.53 Å². The highest BCUT2D eigenvalue weighted by Gasteiger charge is 2.19. The van der Waals surface area contributed by atoms with E-state index in [1.165, 1.54) is 28.2 Å². The van der Waals surface area contributed by atoms with Crippen LogP contribution in [0.2, 0.25) is 0 Å². The standard InChI is InChI=1S/C24H23N3O2S2/c1-17-10-12-18(13-11-17)21-23(26-22(28)20-9-6-16-30-20)31-24(27(21)14-15-29-2)25-19-7-4-3-5-8-19/h3-13,16H,14-15H2,1-2H3,(H,26,28). The molecule has 0 spiro atoms. The molecule has 0 unspecified atom stereocenters. The van der Waals surface area contributed by atoms with E-state index in [1.54, 1.807) is 7.11 Å². The molecule has 0 saturated carbocycles. The van der Waals surface area contributed by atoms with Crippen LogP contribution in [0, 0.1) is 6.92 Å². The Bertz CT molecular complexity index is 1210. The first-order valence-corrected chi connectivity index (χ1v) is 11.6. The lowest BCUT2D eigenvalue weighted by atomic mass is 10.1. The van der Waals surface area contributed by atoms with Gasteiger partial charge in [0.15, 0.2) is 4.80 Å². The molecule has 7 heteroatoms. The summed E-state index contributed by atoms with van der Waals surface area (Å²) in [4.78, 5) is 19.2. The average Bonchev–Trinajstić information content (AvgIpc) is 3.42. The van der Waals surface area contributed by atoms with Gasteiger partial charge in [-0.05, 0) is 30.5 Å². The first-order valence-electron chi connectivity index (χ1n) is 9.90. The minimum Gasteiger partial charge on any atom is -0.383 e. The predicted octanol–water partition coefficient (Wildman–Crippen LogP) is 5.72. The third-order valence-corrected chi connectivity index (χ3v) is 6.57. The first kappa shape index (κ1) is 21.2. The fourth-order valence-electron chi connectivity index (χ4n) is 3.15. The Hall–Kier alpha value is -3.00. The largest absolute Gasteiger partial charge is 0.383 e. The number of carbonyl (C=O) groups is 1. The Morgan fingerprint density at radius 2 is 1.84 bits per heavy atom. The summed E-state index contributed by atoms with van der Waals surface area (Å²) in [6, 6.07) is 21.8. The number of nitrogens with zero attached hydrogens (tertiary/aromatic N) is 2. The van der Waals surface area contributed by atoms with Crippen LogP contribution in [-0.2, 0) is 11.3 Å². The van der Waals surface area contributed by atoms with Gasteiger partial charge in [-0.15, -0.1) is 11.3 Å². The molecule has 0 saturated heterocycles. The smallest absolute Gasteiger partial charge is 0.266 e. The maximum atomic E-state index is 12.8. The summed E-state index contributed by atoms with van der Waals surface area (Å²) in [5.41, 5.74) is 4.00. The summed E-state index contributed by atoms with van der Waals surface area (Å²) in [5, 5.41) is 5.79. The monoisotopic (exact) mass is 449 g/mol. The topological polar surface area (TPSA) is 55.6 Å². The van der Waals surface area contributed by atoms with Crippen LogP contribution in [0.1, 0.15) is 15.2 Å². The van der Waals surface area contributed by atoms with Gasteiger partial charge in [0.2, 0.25) is 0 Å². The lowest BCUT2D eigenvalue weighted by molar-refractivity contribution is 0.103. The molecule has 2 heterocycles. The van der Waals surface area contributed by atoms with Crippen LogP contribution in [0.3, 0.4) is 0 Å². The molecule has 2 aromatic carbocycles. The van der Waals surface area contributed by atoms with E-state index in [2.05, 4.69) is 41.1 Å². The number of carbonyl (C=O) groups excluding carboxylic acids is 1. The van der Waals surface area contributed by atoms with Crippen molar-refractivity contribution in [2.75, 3.05) is 19.0 Å². The number of benzene rings is 2. The fourth-order valence-corrected chi connectivity index (χ4v) is 4.87. The number of aryl methyl sites for hydroxylation is 1. The second-order valence-corrected chi connectivity index (χ2v) is 8.88. The summed E-state index contributed by atoms with van der Waals surface area (Å²) >= 11 is 2.89. The Morgan fingerprint density at radius 1 is 1.06 bits per heavy atom. The molecule has 4 rings (SSSR count). The number of amides is 1. The van der Waals surface area contributed by atoms with Gasteiger partial charge >= 0.3 is 0 Å². The van der Waals surface area contributed by atoms with E-state index in [9.17, 15) is 4.79 Å². The number of thiazole rings is 1. The highest BCUT2D eigenvalue weighted by Crippen LogP contribution is 2.32. The Balaban J connectivity index is 1.88. The van der Waals surface area contributed by atoms with Crippen molar-refractivity contribution in [3.05, 3.63) is 87.4 Å². The second kappa shape index (κ2) is 9.87. The number of nitrogens with one attached hydrogen (secondary N) is 1. The van der Waals surface area contributed by atoms with Crippen molar-refractivity contribution in [1.29, 1.82) is 0 Å². The first-order chi connectivity index (χ1) is 15.2. The molecule has 5 nitrogen and oxygen atoms in total. The van der Waals surface area contributed by atoms with E-state index < -0.39 is 0 Å². The van der Waals surface area contributed by atoms with Crippen LogP contribution in [0.15, 0.2) is 77.1 Å². The van der Waals surface area contributed by atoms with Gasteiger partial charge in [-0.2, -0.15) is 0 Å². The van der Waals surface area contributed by atoms with E-state index in [0.717, 1.165) is 26.7 Å². The number of para-hydroxylation sites is 1. The average molecular weight is 450 g/mol. The van der Waals surface area contributed by atoms with Crippen molar-refractivity contribution in [3.8, 4) is 11.3 Å². The van der Waals surface area contributed by atoms with Gasteiger partial charge in [-0.25, -0.2) is 4.99 Å². The lowest BCUT2D eigenvalue weighted by Gasteiger charge is -2.11. The zero-order chi connectivity index (χ0) is 21.6. The fraction of sp³-hybridized carbons (Fsp3) is 0.167. The normalized spacial score (nSPS) is 11.6. The lowest BCUT2D eigenvalue weighted by Crippen LogP contribution is -2.19. The number of hydrogen-bond donors (Lipinski definition) is 1. The number of hydrogen-bond acceptors (Lipinski definition) is 5. The van der Waals surface area contributed by atoms with Gasteiger partial charge < -0.3 is 14.6 Å². The number of thiophene rings is 1. The highest BCUT2D eigenvalue weighted by molar-refractivity contribution is 7.14. The van der Waals surface area contributed by atoms with Crippen LogP contribution in [-0.4, -0.2) is 24.2 Å². The molecular formula is C24H23N3O2S2. The Morgan fingerprint density at radius 3 is 2.52 bits per heavy atom. The van der Waals surface area contributed by atoms with Crippen molar-refractivity contribution in [1.82, 2.24) is 4.57 Å². The van der Waals surface area contributed by atoms with Crippen LogP contribution in [0.5, 0.6) is 0 Å². The predicted molar refractivity (Wildman–Crippen MR) is 128 cm³/mol. The molecule has 158 valence electrons. The van der Waals surface area contributed by atoms with Gasteiger partial charge in [0.25, 0.3) is 5.91 Å². The molecule has 4 aromatic rings. The maximum Gasteiger partial charge on any atom is 0.266 e. The van der Waals surface area contributed by atoms with Crippen LogP contribution in [0.25, 0.3) is 11.3 Å². The molecule has 31 heavy (non-hydrogen) atoms. The zero-order valence-corrected chi connectivity index (χ0v) is 19.0. The van der Waals surface area contributed by atoms with E-state index in [-0.39, 0.29) is 5.91 Å². The third kappa shape index (κ3) is 5.02. The second-order valence-electron chi connectivity index (χ2n) is 6.95. The van der Waals surface area contributed by atoms with Crippen molar-refractivity contribution in [2.45, 2.75) is 13.5 Å².